The SMILES string of the molecule is CCOCCOc1ccc(CCN(CC(O)COc2ccc(CC(N)=O)cc2)CC(O)c2cccc(Cl)n2)cc1. The van der Waals surface area contributed by atoms with Crippen LogP contribution < -0.4 is 15.2 Å². The second-order valence-electron chi connectivity index (χ2n) is 9.35. The molecule has 3 aromatic rings. The molecule has 40 heavy (non-hydrogen) atoms. The number of hydrogen-bond donors (Lipinski definition) is 3. The number of carbonyl (C=O) groups is 1. The Balaban J connectivity index is 1.57. The molecule has 0 fully saturated rings. The first-order valence-corrected chi connectivity index (χ1v) is 13.7. The Hall–Kier alpha value is -3.21. The lowest BCUT2D eigenvalue weighted by Gasteiger charge is -2.27. The zero-order chi connectivity index (χ0) is 28.7. The van der Waals surface area contributed by atoms with Crippen LogP contribution in [0.15, 0.2) is 66.7 Å². The Morgan fingerprint density at radius 2 is 1.62 bits per heavy atom. The normalized spacial score (nSPS) is 12.7. The lowest BCUT2D eigenvalue weighted by atomic mass is 10.1. The number of aliphatic hydroxyl groups is 2. The molecule has 2 aromatic carbocycles. The van der Waals surface area contributed by atoms with Gasteiger partial charge in [-0.3, -0.25) is 9.69 Å². The van der Waals surface area contributed by atoms with E-state index in [1.807, 2.05) is 36.1 Å². The maximum Gasteiger partial charge on any atom is 0.221 e. The largest absolute Gasteiger partial charge is 0.491 e. The molecule has 4 N–H and O–H groups in total. The molecule has 216 valence electrons. The van der Waals surface area contributed by atoms with Crippen molar-refractivity contribution in [2.24, 2.45) is 5.73 Å². The summed E-state index contributed by atoms with van der Waals surface area (Å²) in [6, 6.07) is 20.0. The van der Waals surface area contributed by atoms with E-state index in [9.17, 15) is 15.0 Å². The van der Waals surface area contributed by atoms with Gasteiger partial charge >= 0.3 is 0 Å². The van der Waals surface area contributed by atoms with Gasteiger partial charge in [-0.25, -0.2) is 4.98 Å². The summed E-state index contributed by atoms with van der Waals surface area (Å²) in [5.74, 6) is 0.949. The van der Waals surface area contributed by atoms with Crippen LogP contribution in [0.3, 0.4) is 0 Å². The minimum absolute atomic E-state index is 0.0605. The van der Waals surface area contributed by atoms with Gasteiger partial charge in [-0.15, -0.1) is 0 Å². The highest BCUT2D eigenvalue weighted by Gasteiger charge is 2.19. The molecular formula is C30H38ClN3O6. The summed E-state index contributed by atoms with van der Waals surface area (Å²) in [4.78, 5) is 17.3. The van der Waals surface area contributed by atoms with E-state index in [0.717, 1.165) is 16.9 Å². The van der Waals surface area contributed by atoms with Gasteiger partial charge in [-0.2, -0.15) is 0 Å². The minimum atomic E-state index is -0.884. The number of aliphatic hydroxyl groups excluding tert-OH is 2. The number of rotatable bonds is 18. The predicted molar refractivity (Wildman–Crippen MR) is 154 cm³/mol. The number of nitrogens with two attached hydrogens (primary N) is 1. The standard InChI is InChI=1S/C30H38ClN3O6/c1-2-38-16-17-39-25-10-6-22(7-11-25)14-15-34(20-28(36)27-4-3-5-29(31)33-27)19-24(35)21-40-26-12-8-23(9-13-26)18-30(32)37/h3-13,24,28,35-36H,2,14-21H2,1H3,(H2,32,37). The number of primary amides is 1. The number of pyridine rings is 1. The minimum Gasteiger partial charge on any atom is -0.491 e. The van der Waals surface area contributed by atoms with Crippen molar-refractivity contribution in [2.75, 3.05) is 46.1 Å². The Kier molecular flexibility index (Phi) is 13.1. The third-order valence-electron chi connectivity index (χ3n) is 6.06. The Morgan fingerprint density at radius 1 is 0.950 bits per heavy atom. The van der Waals surface area contributed by atoms with Crippen LogP contribution in [0.4, 0.5) is 0 Å². The predicted octanol–water partition coefficient (Wildman–Crippen LogP) is 3.20. The van der Waals surface area contributed by atoms with Gasteiger partial charge in [0.2, 0.25) is 5.91 Å². The fourth-order valence-electron chi connectivity index (χ4n) is 4.05. The van der Waals surface area contributed by atoms with Crippen LogP contribution in [-0.2, 0) is 22.4 Å². The van der Waals surface area contributed by atoms with E-state index >= 15 is 0 Å². The summed E-state index contributed by atoms with van der Waals surface area (Å²) in [6.45, 7) is 4.82. The Bertz CT molecular complexity index is 1160. The molecule has 0 aliphatic heterocycles. The van der Waals surface area contributed by atoms with Crippen molar-refractivity contribution in [3.8, 4) is 11.5 Å². The van der Waals surface area contributed by atoms with Gasteiger partial charge in [0.15, 0.2) is 0 Å². The number of ether oxygens (including phenoxy) is 3. The fourth-order valence-corrected chi connectivity index (χ4v) is 4.23. The fraction of sp³-hybridized carbons (Fsp3) is 0.400. The van der Waals surface area contributed by atoms with E-state index in [0.29, 0.717) is 49.4 Å². The van der Waals surface area contributed by atoms with E-state index in [1.54, 1.807) is 42.5 Å². The topological polar surface area (TPSA) is 127 Å². The molecule has 3 rings (SSSR count). The number of hydrogen-bond acceptors (Lipinski definition) is 8. The first-order chi connectivity index (χ1) is 19.3. The third kappa shape index (κ3) is 11.5. The van der Waals surface area contributed by atoms with E-state index in [4.69, 9.17) is 31.5 Å². The monoisotopic (exact) mass is 571 g/mol. The molecule has 1 amide bonds. The highest BCUT2D eigenvalue weighted by molar-refractivity contribution is 6.29. The van der Waals surface area contributed by atoms with Crippen LogP contribution in [0.1, 0.15) is 29.8 Å². The average Bonchev–Trinajstić information content (AvgIpc) is 2.94. The maximum absolute atomic E-state index is 11.1. The molecule has 1 heterocycles. The molecule has 0 aliphatic rings. The van der Waals surface area contributed by atoms with Gasteiger partial charge in [0.05, 0.1) is 18.7 Å². The van der Waals surface area contributed by atoms with Gasteiger partial charge < -0.3 is 30.2 Å². The smallest absolute Gasteiger partial charge is 0.221 e. The van der Waals surface area contributed by atoms with E-state index in [2.05, 4.69) is 4.98 Å². The number of amides is 1. The molecule has 0 spiro atoms. The number of benzene rings is 2. The van der Waals surface area contributed by atoms with Crippen molar-refractivity contribution in [2.45, 2.75) is 32.0 Å². The van der Waals surface area contributed by atoms with Crippen LogP contribution in [0.25, 0.3) is 0 Å². The van der Waals surface area contributed by atoms with Gasteiger partial charge in [0.25, 0.3) is 0 Å². The number of aromatic nitrogens is 1. The van der Waals surface area contributed by atoms with Crippen LogP contribution in [-0.4, -0.2) is 78.2 Å². The van der Waals surface area contributed by atoms with Crippen LogP contribution in [0.2, 0.25) is 5.15 Å². The quantitative estimate of drug-likeness (QED) is 0.157. The molecule has 10 heteroatoms. The molecule has 0 aliphatic carbocycles. The molecule has 9 nitrogen and oxygen atoms in total. The highest BCUT2D eigenvalue weighted by atomic mass is 35.5. The molecule has 0 saturated heterocycles. The summed E-state index contributed by atoms with van der Waals surface area (Å²) in [5, 5.41) is 21.9. The van der Waals surface area contributed by atoms with Crippen molar-refractivity contribution in [3.63, 3.8) is 0 Å². The van der Waals surface area contributed by atoms with Crippen LogP contribution >= 0.6 is 11.6 Å². The molecular weight excluding hydrogens is 534 g/mol. The second-order valence-corrected chi connectivity index (χ2v) is 9.74. The summed E-state index contributed by atoms with van der Waals surface area (Å²) >= 11 is 6.01. The first kappa shape index (κ1) is 31.3. The summed E-state index contributed by atoms with van der Waals surface area (Å²) in [6.07, 6.45) is -0.841. The van der Waals surface area contributed by atoms with Crippen LogP contribution in [0.5, 0.6) is 11.5 Å². The lowest BCUT2D eigenvalue weighted by Crippen LogP contribution is -2.39. The van der Waals surface area contributed by atoms with Crippen molar-refractivity contribution in [1.82, 2.24) is 9.88 Å². The number of carbonyl (C=O) groups excluding carboxylic acids is 1. The third-order valence-corrected chi connectivity index (χ3v) is 6.27. The first-order valence-electron chi connectivity index (χ1n) is 13.3. The van der Waals surface area contributed by atoms with Crippen molar-refractivity contribution >= 4 is 17.5 Å². The highest BCUT2D eigenvalue weighted by Crippen LogP contribution is 2.18. The van der Waals surface area contributed by atoms with E-state index in [1.165, 1.54) is 0 Å². The van der Waals surface area contributed by atoms with Gasteiger partial charge in [0, 0.05) is 26.2 Å². The molecule has 2 unspecified atom stereocenters. The summed E-state index contributed by atoms with van der Waals surface area (Å²) in [5.41, 5.74) is 7.59. The molecule has 0 radical (unpaired) electrons. The second kappa shape index (κ2) is 16.8. The zero-order valence-electron chi connectivity index (χ0n) is 22.7. The average molecular weight is 572 g/mol. The lowest BCUT2D eigenvalue weighted by molar-refractivity contribution is -0.117. The van der Waals surface area contributed by atoms with Gasteiger partial charge in [-0.05, 0) is 60.9 Å². The molecule has 1 aromatic heterocycles. The van der Waals surface area contributed by atoms with Crippen molar-refractivity contribution < 1.29 is 29.2 Å². The van der Waals surface area contributed by atoms with E-state index in [-0.39, 0.29) is 26.1 Å². The van der Waals surface area contributed by atoms with Crippen molar-refractivity contribution in [3.05, 3.63) is 88.7 Å². The van der Waals surface area contributed by atoms with Gasteiger partial charge in [0.1, 0.15) is 42.1 Å². The zero-order valence-corrected chi connectivity index (χ0v) is 23.5. The molecule has 2 atom stereocenters. The van der Waals surface area contributed by atoms with E-state index < -0.39 is 18.1 Å². The van der Waals surface area contributed by atoms with Gasteiger partial charge in [-0.1, -0.05) is 41.9 Å². The number of halogens is 1. The van der Waals surface area contributed by atoms with Crippen LogP contribution in [0, 0.1) is 0 Å². The summed E-state index contributed by atoms with van der Waals surface area (Å²) < 4.78 is 16.7. The Morgan fingerprint density at radius 3 is 2.27 bits per heavy atom. The molecule has 0 saturated carbocycles. The Labute approximate surface area is 240 Å². The summed E-state index contributed by atoms with van der Waals surface area (Å²) in [7, 11) is 0. The molecule has 0 bridgehead atoms. The number of nitrogens with zero attached hydrogens (tertiary/aromatic N) is 2. The maximum atomic E-state index is 11.1. The van der Waals surface area contributed by atoms with Crippen molar-refractivity contribution in [1.29, 1.82) is 0 Å².